The molecule has 1 N–H and O–H groups in total. The van der Waals surface area contributed by atoms with Crippen molar-refractivity contribution in [2.24, 2.45) is 4.99 Å². The Kier molecular flexibility index (Phi) is 10.1. The fourth-order valence-corrected chi connectivity index (χ4v) is 2.35. The fourth-order valence-electron chi connectivity index (χ4n) is 2.35. The zero-order valence-corrected chi connectivity index (χ0v) is 15.9. The van der Waals surface area contributed by atoms with Crippen molar-refractivity contribution in [3.05, 3.63) is 35.6 Å². The van der Waals surface area contributed by atoms with Crippen LogP contribution in [0.4, 0.5) is 5.69 Å². The van der Waals surface area contributed by atoms with Gasteiger partial charge in [-0.05, 0) is 51.0 Å². The maximum Gasteiger partial charge on any atom is 0.290 e. The molecule has 0 atom stereocenters. The van der Waals surface area contributed by atoms with Crippen molar-refractivity contribution < 1.29 is 9.53 Å². The van der Waals surface area contributed by atoms with Gasteiger partial charge in [-0.3, -0.25) is 4.79 Å². The zero-order chi connectivity index (χ0) is 18.5. The molecule has 0 saturated carbocycles. The Labute approximate surface area is 151 Å². The van der Waals surface area contributed by atoms with E-state index >= 15 is 0 Å². The summed E-state index contributed by atoms with van der Waals surface area (Å²) in [6.45, 7) is 11.7. The number of hydrogen-bond acceptors (Lipinski definition) is 4. The number of aldehydes is 1. The number of amidine groups is 1. The molecular weight excluding hydrogens is 314 g/mol. The molecule has 138 valence electrons. The maximum atomic E-state index is 11.4. The fraction of sp³-hybridized carbons (Fsp3) is 0.500. The smallest absolute Gasteiger partial charge is 0.290 e. The predicted molar refractivity (Wildman–Crippen MR) is 106 cm³/mol. The minimum absolute atomic E-state index is 0.242. The van der Waals surface area contributed by atoms with Crippen LogP contribution in [0.5, 0.6) is 0 Å². The van der Waals surface area contributed by atoms with Crippen LogP contribution in [0.15, 0.2) is 35.0 Å². The van der Waals surface area contributed by atoms with Crippen LogP contribution in [0.3, 0.4) is 0 Å². The van der Waals surface area contributed by atoms with E-state index in [-0.39, 0.29) is 5.76 Å². The number of anilines is 1. The quantitative estimate of drug-likeness (QED) is 0.175. The van der Waals surface area contributed by atoms with Gasteiger partial charge in [0.1, 0.15) is 0 Å². The standard InChI is InChI=1S/C20H31N3O2/c1-5-9-14-22-20(21-6-2)25-19(16-24)15-17-10-12-18(13-11-17)23(7-3)8-4/h10-13,15-16H,5-9,14H2,1-4H3,(H,21,22)/b19-15+. The van der Waals surface area contributed by atoms with E-state index in [0.717, 1.165) is 31.5 Å². The summed E-state index contributed by atoms with van der Waals surface area (Å²) in [5.74, 6) is 0.242. The second-order valence-corrected chi connectivity index (χ2v) is 5.60. The largest absolute Gasteiger partial charge is 0.423 e. The van der Waals surface area contributed by atoms with Crippen LogP contribution in [0.25, 0.3) is 6.08 Å². The molecule has 0 saturated heterocycles. The van der Waals surface area contributed by atoms with Crippen LogP contribution in [0, 0.1) is 0 Å². The third-order valence-corrected chi connectivity index (χ3v) is 3.76. The summed E-state index contributed by atoms with van der Waals surface area (Å²) in [6.07, 6.45) is 4.50. The highest BCUT2D eigenvalue weighted by molar-refractivity contribution is 5.85. The number of rotatable bonds is 10. The van der Waals surface area contributed by atoms with Crippen molar-refractivity contribution in [2.75, 3.05) is 31.1 Å². The van der Waals surface area contributed by atoms with Crippen molar-refractivity contribution in [3.8, 4) is 0 Å². The Bertz CT molecular complexity index is 561. The third kappa shape index (κ3) is 7.42. The first-order valence-corrected chi connectivity index (χ1v) is 9.16. The van der Waals surface area contributed by atoms with Crippen molar-refractivity contribution in [1.82, 2.24) is 5.32 Å². The highest BCUT2D eigenvalue weighted by Crippen LogP contribution is 2.16. The Hall–Kier alpha value is -2.30. The van der Waals surface area contributed by atoms with Gasteiger partial charge in [0.2, 0.25) is 0 Å². The number of carbonyl (C=O) groups excluding carboxylic acids is 1. The van der Waals surface area contributed by atoms with Gasteiger partial charge >= 0.3 is 0 Å². The SMILES string of the molecule is CCCCN=C(NCC)O/C(C=O)=C/c1ccc(N(CC)CC)cc1. The van der Waals surface area contributed by atoms with E-state index in [2.05, 4.69) is 48.1 Å². The van der Waals surface area contributed by atoms with E-state index in [4.69, 9.17) is 4.74 Å². The minimum atomic E-state index is 0.242. The van der Waals surface area contributed by atoms with Crippen LogP contribution >= 0.6 is 0 Å². The summed E-state index contributed by atoms with van der Waals surface area (Å²) in [7, 11) is 0. The van der Waals surface area contributed by atoms with Crippen LogP contribution in [0.1, 0.15) is 46.1 Å². The molecule has 25 heavy (non-hydrogen) atoms. The summed E-state index contributed by atoms with van der Waals surface area (Å²) in [5.41, 5.74) is 2.09. The van der Waals surface area contributed by atoms with Gasteiger partial charge in [-0.1, -0.05) is 25.5 Å². The molecule has 5 heteroatoms. The third-order valence-electron chi connectivity index (χ3n) is 3.76. The van der Waals surface area contributed by atoms with Gasteiger partial charge in [0.05, 0.1) is 0 Å². The first-order chi connectivity index (χ1) is 12.2. The van der Waals surface area contributed by atoms with Crippen LogP contribution < -0.4 is 10.2 Å². The monoisotopic (exact) mass is 345 g/mol. The first kappa shape index (κ1) is 20.7. The van der Waals surface area contributed by atoms with Gasteiger partial charge in [-0.15, -0.1) is 0 Å². The van der Waals surface area contributed by atoms with E-state index in [1.807, 2.05) is 19.1 Å². The number of ether oxygens (including phenoxy) is 1. The molecule has 5 nitrogen and oxygen atoms in total. The van der Waals surface area contributed by atoms with E-state index in [0.29, 0.717) is 25.4 Å². The molecule has 1 aromatic rings. The minimum Gasteiger partial charge on any atom is -0.423 e. The Morgan fingerprint density at radius 3 is 2.36 bits per heavy atom. The number of aliphatic imine (C=N–C) groups is 1. The lowest BCUT2D eigenvalue weighted by molar-refractivity contribution is -0.106. The molecule has 0 unspecified atom stereocenters. The Morgan fingerprint density at radius 1 is 1.16 bits per heavy atom. The molecule has 0 heterocycles. The van der Waals surface area contributed by atoms with E-state index < -0.39 is 0 Å². The first-order valence-electron chi connectivity index (χ1n) is 9.16. The lowest BCUT2D eigenvalue weighted by Crippen LogP contribution is -2.26. The van der Waals surface area contributed by atoms with E-state index in [9.17, 15) is 4.79 Å². The lowest BCUT2D eigenvalue weighted by Gasteiger charge is -2.20. The van der Waals surface area contributed by atoms with E-state index in [1.54, 1.807) is 6.08 Å². The average Bonchev–Trinajstić information content (AvgIpc) is 2.63. The molecular formula is C20H31N3O2. The molecule has 0 fully saturated rings. The molecule has 1 aromatic carbocycles. The van der Waals surface area contributed by atoms with Gasteiger partial charge in [-0.25, -0.2) is 4.99 Å². The number of benzene rings is 1. The summed E-state index contributed by atoms with van der Waals surface area (Å²) in [5, 5.41) is 3.05. The van der Waals surface area contributed by atoms with Crippen molar-refractivity contribution >= 4 is 24.1 Å². The summed E-state index contributed by atoms with van der Waals surface area (Å²) < 4.78 is 5.63. The molecule has 0 spiro atoms. The van der Waals surface area contributed by atoms with Crippen molar-refractivity contribution in [3.63, 3.8) is 0 Å². The molecule has 1 rings (SSSR count). The number of nitrogens with one attached hydrogen (secondary N) is 1. The molecule has 0 radical (unpaired) electrons. The number of nitrogens with zero attached hydrogens (tertiary/aromatic N) is 2. The molecule has 0 aliphatic carbocycles. The average molecular weight is 345 g/mol. The molecule has 0 bridgehead atoms. The van der Waals surface area contributed by atoms with Crippen LogP contribution in [0.2, 0.25) is 0 Å². The van der Waals surface area contributed by atoms with Gasteiger partial charge < -0.3 is 15.0 Å². The Balaban J connectivity index is 2.86. The molecule has 0 amide bonds. The summed E-state index contributed by atoms with van der Waals surface area (Å²) in [6, 6.07) is 8.49. The number of allylic oxidation sites excluding steroid dienone is 1. The summed E-state index contributed by atoms with van der Waals surface area (Å²) >= 11 is 0. The van der Waals surface area contributed by atoms with Gasteiger partial charge in [-0.2, -0.15) is 0 Å². The second-order valence-electron chi connectivity index (χ2n) is 5.60. The number of unbranched alkanes of at least 4 members (excludes halogenated alkanes) is 1. The zero-order valence-electron chi connectivity index (χ0n) is 15.9. The highest BCUT2D eigenvalue weighted by atomic mass is 16.5. The number of hydrogen-bond donors (Lipinski definition) is 1. The summed E-state index contributed by atoms with van der Waals surface area (Å²) in [4.78, 5) is 18.0. The molecule has 0 aliphatic rings. The molecule has 0 aromatic heterocycles. The second kappa shape index (κ2) is 12.1. The van der Waals surface area contributed by atoms with Gasteiger partial charge in [0.25, 0.3) is 6.02 Å². The maximum absolute atomic E-state index is 11.4. The van der Waals surface area contributed by atoms with Crippen molar-refractivity contribution in [2.45, 2.75) is 40.5 Å². The van der Waals surface area contributed by atoms with Gasteiger partial charge in [0, 0.05) is 31.9 Å². The highest BCUT2D eigenvalue weighted by Gasteiger charge is 2.05. The molecule has 0 aliphatic heterocycles. The lowest BCUT2D eigenvalue weighted by atomic mass is 10.1. The van der Waals surface area contributed by atoms with Crippen LogP contribution in [-0.4, -0.2) is 38.5 Å². The van der Waals surface area contributed by atoms with Crippen LogP contribution in [-0.2, 0) is 9.53 Å². The number of carbonyl (C=O) groups is 1. The van der Waals surface area contributed by atoms with E-state index in [1.165, 1.54) is 5.69 Å². The van der Waals surface area contributed by atoms with Gasteiger partial charge in [0.15, 0.2) is 12.0 Å². The van der Waals surface area contributed by atoms with Crippen molar-refractivity contribution in [1.29, 1.82) is 0 Å². The predicted octanol–water partition coefficient (Wildman–Crippen LogP) is 3.85. The topological polar surface area (TPSA) is 53.9 Å². The Morgan fingerprint density at radius 2 is 1.84 bits per heavy atom. The normalized spacial score (nSPS) is 12.0.